The highest BCUT2D eigenvalue weighted by Gasteiger charge is 2.32. The number of carboxylic acid groups (broad SMARTS) is 1. The van der Waals surface area contributed by atoms with E-state index in [0.717, 1.165) is 30.5 Å². The number of nitrogens with zero attached hydrogens (tertiary/aromatic N) is 3. The molecule has 116 valence electrons. The number of rotatable bonds is 5. The second-order valence-electron chi connectivity index (χ2n) is 5.72. The highest BCUT2D eigenvalue weighted by Crippen LogP contribution is 2.25. The van der Waals surface area contributed by atoms with E-state index in [1.165, 1.54) is 31.1 Å². The van der Waals surface area contributed by atoms with Crippen LogP contribution in [0.1, 0.15) is 18.5 Å². The summed E-state index contributed by atoms with van der Waals surface area (Å²) in [5, 5.41) is 9.57. The van der Waals surface area contributed by atoms with Crippen molar-refractivity contribution in [3.8, 4) is 0 Å². The molecular formula is C14H21N3O3S. The topological polar surface area (TPSA) is 67.6 Å². The molecule has 0 saturated carbocycles. The van der Waals surface area contributed by atoms with Crippen LogP contribution in [0.2, 0.25) is 0 Å². The van der Waals surface area contributed by atoms with Crippen molar-refractivity contribution in [3.63, 3.8) is 0 Å². The van der Waals surface area contributed by atoms with Crippen LogP contribution >= 0.6 is 11.8 Å². The molecule has 3 rings (SSSR count). The van der Waals surface area contributed by atoms with Gasteiger partial charge in [0.05, 0.1) is 25.0 Å². The average molecular weight is 311 g/mol. The van der Waals surface area contributed by atoms with E-state index in [1.54, 1.807) is 6.20 Å². The van der Waals surface area contributed by atoms with Crippen LogP contribution in [-0.2, 0) is 16.1 Å². The number of aliphatic carboxylic acids is 1. The fourth-order valence-corrected chi connectivity index (χ4v) is 3.86. The lowest BCUT2D eigenvalue weighted by molar-refractivity contribution is -0.133. The highest BCUT2D eigenvalue weighted by molar-refractivity contribution is 7.99. The van der Waals surface area contributed by atoms with Gasteiger partial charge in [-0.25, -0.2) is 4.98 Å². The molecule has 1 aromatic heterocycles. The van der Waals surface area contributed by atoms with Gasteiger partial charge in [-0.05, 0) is 26.3 Å². The molecule has 0 radical (unpaired) electrons. The molecule has 0 spiro atoms. The molecule has 21 heavy (non-hydrogen) atoms. The lowest BCUT2D eigenvalue weighted by atomic mass is 10.2. The predicted octanol–water partition coefficient (Wildman–Crippen LogP) is 1.23. The van der Waals surface area contributed by atoms with Crippen LogP contribution in [0.3, 0.4) is 0 Å². The summed E-state index contributed by atoms with van der Waals surface area (Å²) in [5.74, 6) is -0.781. The smallest absolute Gasteiger partial charge is 0.313 e. The third-order valence-corrected chi connectivity index (χ3v) is 5.17. The normalized spacial score (nSPS) is 26.0. The second kappa shape index (κ2) is 6.37. The van der Waals surface area contributed by atoms with E-state index in [9.17, 15) is 4.79 Å². The van der Waals surface area contributed by atoms with E-state index in [-0.39, 0.29) is 11.9 Å². The Morgan fingerprint density at radius 1 is 1.62 bits per heavy atom. The first-order valence-electron chi connectivity index (χ1n) is 7.36. The van der Waals surface area contributed by atoms with Gasteiger partial charge in [0.2, 0.25) is 0 Å². The number of fused-ring (bicyclic) bond motifs is 1. The second-order valence-corrected chi connectivity index (χ2v) is 6.66. The number of aryl methyl sites for hydroxylation is 1. The molecule has 2 aliphatic heterocycles. The minimum absolute atomic E-state index is 0.0379. The zero-order chi connectivity index (χ0) is 14.8. The third-order valence-electron chi connectivity index (χ3n) is 4.19. The molecule has 6 nitrogen and oxygen atoms in total. The highest BCUT2D eigenvalue weighted by atomic mass is 32.2. The molecule has 2 unspecified atom stereocenters. The van der Waals surface area contributed by atoms with E-state index in [2.05, 4.69) is 14.5 Å². The molecular weight excluding hydrogens is 290 g/mol. The van der Waals surface area contributed by atoms with Crippen molar-refractivity contribution in [2.75, 3.05) is 25.4 Å². The molecule has 1 aromatic rings. The molecule has 0 aliphatic carbocycles. The van der Waals surface area contributed by atoms with Crippen LogP contribution in [0.15, 0.2) is 11.4 Å². The van der Waals surface area contributed by atoms with E-state index in [1.807, 2.05) is 6.92 Å². The van der Waals surface area contributed by atoms with Crippen molar-refractivity contribution >= 4 is 17.7 Å². The van der Waals surface area contributed by atoms with Crippen molar-refractivity contribution in [2.24, 2.45) is 0 Å². The number of imidazole rings is 1. The number of hydrogen-bond acceptors (Lipinski definition) is 5. The molecule has 1 N–H and O–H groups in total. The first kappa shape index (κ1) is 14.9. The Balaban J connectivity index is 1.64. The summed E-state index contributed by atoms with van der Waals surface area (Å²) in [7, 11) is 0. The quantitative estimate of drug-likeness (QED) is 0.825. The fourth-order valence-electron chi connectivity index (χ4n) is 3.10. The number of morpholine rings is 1. The molecule has 2 saturated heterocycles. The standard InChI is InChI=1S/C14H21N3O3S/c1-10-5-15-14(21-9-13(18)19)17(10)7-12-6-16-4-2-3-11(16)8-20-12/h5,11-12H,2-4,6-9H2,1H3,(H,18,19). The lowest BCUT2D eigenvalue weighted by Gasteiger charge is -2.35. The largest absolute Gasteiger partial charge is 0.481 e. The maximum absolute atomic E-state index is 10.7. The van der Waals surface area contributed by atoms with Gasteiger partial charge in [-0.15, -0.1) is 0 Å². The minimum atomic E-state index is -0.818. The van der Waals surface area contributed by atoms with E-state index >= 15 is 0 Å². The Labute approximate surface area is 128 Å². The lowest BCUT2D eigenvalue weighted by Crippen LogP contribution is -2.47. The monoisotopic (exact) mass is 311 g/mol. The predicted molar refractivity (Wildman–Crippen MR) is 79.7 cm³/mol. The minimum Gasteiger partial charge on any atom is -0.481 e. The van der Waals surface area contributed by atoms with Gasteiger partial charge in [-0.2, -0.15) is 0 Å². The number of hydrogen-bond donors (Lipinski definition) is 1. The van der Waals surface area contributed by atoms with Crippen molar-refractivity contribution in [2.45, 2.75) is 43.6 Å². The maximum Gasteiger partial charge on any atom is 0.313 e. The van der Waals surface area contributed by atoms with E-state index in [4.69, 9.17) is 9.84 Å². The van der Waals surface area contributed by atoms with Crippen LogP contribution in [0.5, 0.6) is 0 Å². The van der Waals surface area contributed by atoms with Gasteiger partial charge < -0.3 is 14.4 Å². The fraction of sp³-hybridized carbons (Fsp3) is 0.714. The van der Waals surface area contributed by atoms with Gasteiger partial charge >= 0.3 is 5.97 Å². The van der Waals surface area contributed by atoms with Gasteiger partial charge in [-0.3, -0.25) is 9.69 Å². The Bertz CT molecular complexity index is 520. The van der Waals surface area contributed by atoms with Crippen LogP contribution < -0.4 is 0 Å². The number of thioether (sulfide) groups is 1. The summed E-state index contributed by atoms with van der Waals surface area (Å²) in [6.45, 7) is 5.70. The number of aromatic nitrogens is 2. The van der Waals surface area contributed by atoms with Gasteiger partial charge in [0.15, 0.2) is 5.16 Å². The Morgan fingerprint density at radius 3 is 3.29 bits per heavy atom. The van der Waals surface area contributed by atoms with Crippen LogP contribution in [0.4, 0.5) is 0 Å². The zero-order valence-electron chi connectivity index (χ0n) is 12.2. The summed E-state index contributed by atoms with van der Waals surface area (Å²) in [6, 6.07) is 0.603. The van der Waals surface area contributed by atoms with Crippen molar-refractivity contribution < 1.29 is 14.6 Å². The Morgan fingerprint density at radius 2 is 2.48 bits per heavy atom. The van der Waals surface area contributed by atoms with E-state index < -0.39 is 5.97 Å². The van der Waals surface area contributed by atoms with E-state index in [0.29, 0.717) is 6.04 Å². The summed E-state index contributed by atoms with van der Waals surface area (Å²) in [5.41, 5.74) is 1.05. The average Bonchev–Trinajstić information content (AvgIpc) is 3.04. The Hall–Kier alpha value is -1.05. The summed E-state index contributed by atoms with van der Waals surface area (Å²) in [6.07, 6.45) is 4.48. The molecule has 2 fully saturated rings. The first-order valence-corrected chi connectivity index (χ1v) is 8.34. The molecule has 3 heterocycles. The van der Waals surface area contributed by atoms with Crippen molar-refractivity contribution in [1.82, 2.24) is 14.5 Å². The number of carboxylic acids is 1. The Kier molecular flexibility index (Phi) is 4.51. The first-order chi connectivity index (χ1) is 10.1. The number of ether oxygens (including phenoxy) is 1. The van der Waals surface area contributed by atoms with Gasteiger partial charge in [0.25, 0.3) is 0 Å². The maximum atomic E-state index is 10.7. The van der Waals surface area contributed by atoms with Crippen LogP contribution in [0.25, 0.3) is 0 Å². The molecule has 2 aliphatic rings. The zero-order valence-corrected chi connectivity index (χ0v) is 13.0. The summed E-state index contributed by atoms with van der Waals surface area (Å²) >= 11 is 1.27. The molecule has 2 atom stereocenters. The SMILES string of the molecule is Cc1cnc(SCC(=O)O)n1CC1CN2CCCC2CO1. The molecule has 0 aromatic carbocycles. The van der Waals surface area contributed by atoms with Gasteiger partial charge in [0, 0.05) is 24.5 Å². The molecule has 7 heteroatoms. The van der Waals surface area contributed by atoms with Gasteiger partial charge in [0.1, 0.15) is 0 Å². The van der Waals surface area contributed by atoms with Crippen LogP contribution in [-0.4, -0.2) is 63.1 Å². The summed E-state index contributed by atoms with van der Waals surface area (Å²) < 4.78 is 8.06. The third kappa shape index (κ3) is 3.41. The van der Waals surface area contributed by atoms with Crippen molar-refractivity contribution in [3.05, 3.63) is 11.9 Å². The van der Waals surface area contributed by atoms with Gasteiger partial charge in [-0.1, -0.05) is 11.8 Å². The van der Waals surface area contributed by atoms with Crippen molar-refractivity contribution in [1.29, 1.82) is 0 Å². The van der Waals surface area contributed by atoms with Crippen LogP contribution in [0, 0.1) is 6.92 Å². The number of carbonyl (C=O) groups is 1. The summed E-state index contributed by atoms with van der Waals surface area (Å²) in [4.78, 5) is 17.5. The molecule has 0 bridgehead atoms. The molecule has 0 amide bonds.